The van der Waals surface area contributed by atoms with Crippen LogP contribution in [0.5, 0.6) is 0 Å². The van der Waals surface area contributed by atoms with E-state index in [4.69, 9.17) is 11.6 Å². The van der Waals surface area contributed by atoms with E-state index < -0.39 is 0 Å². The van der Waals surface area contributed by atoms with Gasteiger partial charge in [0.2, 0.25) is 5.91 Å². The zero-order chi connectivity index (χ0) is 16.9. The number of halogens is 1. The predicted molar refractivity (Wildman–Crippen MR) is 97.4 cm³/mol. The smallest absolute Gasteiger partial charge is 0.239 e. The second kappa shape index (κ2) is 7.67. The molecule has 0 radical (unpaired) electrons. The molecule has 126 valence electrons. The molecule has 1 aliphatic rings. The number of carbonyl (C=O) groups is 1. The van der Waals surface area contributed by atoms with Gasteiger partial charge in [-0.3, -0.25) is 9.59 Å². The Morgan fingerprint density at radius 3 is 2.92 bits per heavy atom. The zero-order valence-corrected chi connectivity index (χ0v) is 14.3. The summed E-state index contributed by atoms with van der Waals surface area (Å²) in [6.07, 6.45) is 9.73. The fourth-order valence-corrected chi connectivity index (χ4v) is 3.30. The maximum Gasteiger partial charge on any atom is 0.239 e. The van der Waals surface area contributed by atoms with E-state index in [-0.39, 0.29) is 17.9 Å². The van der Waals surface area contributed by atoms with Crippen LogP contribution in [0.1, 0.15) is 32.1 Å². The van der Waals surface area contributed by atoms with Crippen molar-refractivity contribution in [3.63, 3.8) is 0 Å². The van der Waals surface area contributed by atoms with Crippen LogP contribution in [-0.4, -0.2) is 17.0 Å². The van der Waals surface area contributed by atoms with E-state index >= 15 is 0 Å². The molecule has 0 spiro atoms. The number of hydrogen-bond acceptors (Lipinski definition) is 2. The van der Waals surface area contributed by atoms with E-state index in [0.29, 0.717) is 17.0 Å². The molecule has 0 saturated carbocycles. The molecule has 2 aromatic rings. The zero-order valence-electron chi connectivity index (χ0n) is 13.6. The molecule has 5 heteroatoms. The Morgan fingerprint density at radius 2 is 2.12 bits per heavy atom. The molecule has 0 saturated heterocycles. The number of benzene rings is 1. The van der Waals surface area contributed by atoms with Crippen LogP contribution < -0.4 is 10.7 Å². The van der Waals surface area contributed by atoms with E-state index in [2.05, 4.69) is 11.4 Å². The van der Waals surface area contributed by atoms with Gasteiger partial charge in [-0.1, -0.05) is 23.3 Å². The molecule has 24 heavy (non-hydrogen) atoms. The van der Waals surface area contributed by atoms with Gasteiger partial charge in [0.15, 0.2) is 5.43 Å². The molecule has 1 amide bonds. The summed E-state index contributed by atoms with van der Waals surface area (Å²) < 4.78 is 1.78. The molecule has 0 fully saturated rings. The molecule has 4 nitrogen and oxygen atoms in total. The van der Waals surface area contributed by atoms with E-state index in [1.54, 1.807) is 29.0 Å². The van der Waals surface area contributed by atoms with Gasteiger partial charge in [0.1, 0.15) is 6.54 Å². The van der Waals surface area contributed by atoms with Crippen LogP contribution in [0, 0.1) is 0 Å². The van der Waals surface area contributed by atoms with Crippen molar-refractivity contribution in [2.75, 3.05) is 6.54 Å². The number of pyridine rings is 1. The normalized spacial score (nSPS) is 14.5. The first-order chi connectivity index (χ1) is 11.6. The maximum atomic E-state index is 12.2. The van der Waals surface area contributed by atoms with Gasteiger partial charge in [0, 0.05) is 29.2 Å². The van der Waals surface area contributed by atoms with Gasteiger partial charge in [-0.15, -0.1) is 0 Å². The van der Waals surface area contributed by atoms with Gasteiger partial charge >= 0.3 is 0 Å². The lowest BCUT2D eigenvalue weighted by atomic mass is 9.97. The summed E-state index contributed by atoms with van der Waals surface area (Å²) >= 11 is 5.96. The number of aromatic nitrogens is 1. The molecular weight excluding hydrogens is 324 g/mol. The molecule has 1 aliphatic carbocycles. The second-order valence-electron chi connectivity index (χ2n) is 6.18. The molecule has 1 aromatic carbocycles. The summed E-state index contributed by atoms with van der Waals surface area (Å²) in [6, 6.07) is 6.62. The van der Waals surface area contributed by atoms with Crippen LogP contribution in [0.25, 0.3) is 10.9 Å². The Kier molecular flexibility index (Phi) is 5.36. The topological polar surface area (TPSA) is 51.1 Å². The second-order valence-corrected chi connectivity index (χ2v) is 6.61. The highest BCUT2D eigenvalue weighted by Gasteiger charge is 2.08. The average Bonchev–Trinajstić information content (AvgIpc) is 2.58. The van der Waals surface area contributed by atoms with E-state index in [1.165, 1.54) is 24.5 Å². The molecule has 1 aromatic heterocycles. The molecule has 0 bridgehead atoms. The van der Waals surface area contributed by atoms with Crippen LogP contribution >= 0.6 is 11.6 Å². The van der Waals surface area contributed by atoms with Gasteiger partial charge in [0.05, 0.1) is 5.52 Å². The Labute approximate surface area is 146 Å². The summed E-state index contributed by atoms with van der Waals surface area (Å²) in [4.78, 5) is 24.1. The Balaban J connectivity index is 1.64. The van der Waals surface area contributed by atoms with Crippen molar-refractivity contribution < 1.29 is 4.79 Å². The highest BCUT2D eigenvalue weighted by molar-refractivity contribution is 6.31. The Hall–Kier alpha value is -2.07. The van der Waals surface area contributed by atoms with Gasteiger partial charge in [-0.2, -0.15) is 0 Å². The van der Waals surface area contributed by atoms with E-state index in [1.807, 2.05) is 0 Å². The Morgan fingerprint density at radius 1 is 1.25 bits per heavy atom. The van der Waals surface area contributed by atoms with Crippen LogP contribution in [-0.2, 0) is 11.3 Å². The highest BCUT2D eigenvalue weighted by atomic mass is 35.5. The third-order valence-corrected chi connectivity index (χ3v) is 4.64. The van der Waals surface area contributed by atoms with Crippen molar-refractivity contribution in [1.29, 1.82) is 0 Å². The summed E-state index contributed by atoms with van der Waals surface area (Å²) in [5.41, 5.74) is 2.08. The minimum absolute atomic E-state index is 0.0497. The van der Waals surface area contributed by atoms with Gasteiger partial charge in [-0.25, -0.2) is 0 Å². The number of hydrogen-bond donors (Lipinski definition) is 1. The SMILES string of the molecule is O=C(Cn1ccc(=O)c2cc(Cl)ccc21)NCCC1=CCCCC1. The summed E-state index contributed by atoms with van der Waals surface area (Å²) in [7, 11) is 0. The maximum absolute atomic E-state index is 12.2. The van der Waals surface area contributed by atoms with Crippen LogP contribution in [0.3, 0.4) is 0 Å². The first-order valence-electron chi connectivity index (χ1n) is 8.37. The van der Waals surface area contributed by atoms with Gasteiger partial charge in [0.25, 0.3) is 0 Å². The predicted octanol–water partition coefficient (Wildman–Crippen LogP) is 3.66. The first-order valence-corrected chi connectivity index (χ1v) is 8.74. The minimum atomic E-state index is -0.0895. The van der Waals surface area contributed by atoms with Crippen molar-refractivity contribution in [3.8, 4) is 0 Å². The van der Waals surface area contributed by atoms with Crippen LogP contribution in [0.4, 0.5) is 0 Å². The number of rotatable bonds is 5. The molecule has 1 N–H and O–H groups in total. The summed E-state index contributed by atoms with van der Waals surface area (Å²) in [6.45, 7) is 0.853. The number of amides is 1. The average molecular weight is 345 g/mol. The van der Waals surface area contributed by atoms with E-state index in [9.17, 15) is 9.59 Å². The molecule has 0 atom stereocenters. The molecule has 0 unspecified atom stereocenters. The number of nitrogens with one attached hydrogen (secondary N) is 1. The van der Waals surface area contributed by atoms with Gasteiger partial charge in [-0.05, 0) is 50.3 Å². The lowest BCUT2D eigenvalue weighted by Gasteiger charge is -2.14. The van der Waals surface area contributed by atoms with Crippen LogP contribution in [0.15, 0.2) is 46.9 Å². The number of allylic oxidation sites excluding steroid dienone is 1. The number of nitrogens with zero attached hydrogens (tertiary/aromatic N) is 1. The van der Waals surface area contributed by atoms with Crippen molar-refractivity contribution in [2.24, 2.45) is 0 Å². The summed E-state index contributed by atoms with van der Waals surface area (Å²) in [5, 5.41) is 4.01. The van der Waals surface area contributed by atoms with Crippen molar-refractivity contribution >= 4 is 28.4 Å². The first kappa shape index (κ1) is 16.8. The largest absolute Gasteiger partial charge is 0.354 e. The quantitative estimate of drug-likeness (QED) is 0.841. The number of carbonyl (C=O) groups excluding carboxylic acids is 1. The molecule has 3 rings (SSSR count). The Bertz CT molecular complexity index is 839. The van der Waals surface area contributed by atoms with Gasteiger partial charge < -0.3 is 9.88 Å². The van der Waals surface area contributed by atoms with E-state index in [0.717, 1.165) is 24.8 Å². The molecule has 1 heterocycles. The summed E-state index contributed by atoms with van der Waals surface area (Å²) in [5.74, 6) is -0.0497. The fraction of sp³-hybridized carbons (Fsp3) is 0.368. The third kappa shape index (κ3) is 4.06. The fourth-order valence-electron chi connectivity index (χ4n) is 3.13. The standard InChI is InChI=1S/C19H21ClN2O2/c20-15-6-7-17-16(12-15)18(23)9-11-22(17)13-19(24)21-10-8-14-4-2-1-3-5-14/h4,6-7,9,11-12H,1-3,5,8,10,13H2,(H,21,24). The molecule has 0 aliphatic heterocycles. The monoisotopic (exact) mass is 344 g/mol. The minimum Gasteiger partial charge on any atom is -0.354 e. The lowest BCUT2D eigenvalue weighted by molar-refractivity contribution is -0.121. The molecular formula is C19H21ClN2O2. The number of fused-ring (bicyclic) bond motifs is 1. The highest BCUT2D eigenvalue weighted by Crippen LogP contribution is 2.19. The van der Waals surface area contributed by atoms with Crippen molar-refractivity contribution in [1.82, 2.24) is 9.88 Å². The lowest BCUT2D eigenvalue weighted by Crippen LogP contribution is -2.29. The van der Waals surface area contributed by atoms with Crippen LogP contribution in [0.2, 0.25) is 5.02 Å². The third-order valence-electron chi connectivity index (χ3n) is 4.41. The van der Waals surface area contributed by atoms with Crippen molar-refractivity contribution in [2.45, 2.75) is 38.6 Å². The van der Waals surface area contributed by atoms with Crippen molar-refractivity contribution in [3.05, 3.63) is 57.4 Å².